The number of aromatic nitrogens is 1. The van der Waals surface area contributed by atoms with E-state index in [0.29, 0.717) is 30.8 Å². The van der Waals surface area contributed by atoms with Gasteiger partial charge < -0.3 is 19.1 Å². The second kappa shape index (κ2) is 9.61. The predicted octanol–water partition coefficient (Wildman–Crippen LogP) is 4.08. The van der Waals surface area contributed by atoms with E-state index in [-0.39, 0.29) is 0 Å². The Labute approximate surface area is 167 Å². The van der Waals surface area contributed by atoms with Crippen molar-refractivity contribution in [3.63, 3.8) is 0 Å². The molecule has 0 amide bonds. The van der Waals surface area contributed by atoms with Crippen LogP contribution in [0.15, 0.2) is 24.4 Å². The van der Waals surface area contributed by atoms with Crippen LogP contribution in [0, 0.1) is 18.4 Å². The van der Waals surface area contributed by atoms with Gasteiger partial charge in [0, 0.05) is 49.5 Å². The summed E-state index contributed by atoms with van der Waals surface area (Å²) in [5.74, 6) is 2.61. The van der Waals surface area contributed by atoms with Gasteiger partial charge in [0.1, 0.15) is 6.61 Å². The summed E-state index contributed by atoms with van der Waals surface area (Å²) in [4.78, 5) is 10.8. The summed E-state index contributed by atoms with van der Waals surface area (Å²) in [6, 6.07) is 6.07. The van der Waals surface area contributed by atoms with Crippen LogP contribution in [0.2, 0.25) is 0 Å². The highest BCUT2D eigenvalue weighted by atomic mass is 16.5. The summed E-state index contributed by atoms with van der Waals surface area (Å²) in [7, 11) is 3.31. The maximum absolute atomic E-state index is 5.88. The fourth-order valence-corrected chi connectivity index (χ4v) is 3.95. The molecule has 28 heavy (non-hydrogen) atoms. The Morgan fingerprint density at radius 2 is 2.00 bits per heavy atom. The molecule has 0 radical (unpaired) electrons. The maximum atomic E-state index is 5.88. The van der Waals surface area contributed by atoms with Gasteiger partial charge in [-0.2, -0.15) is 0 Å². The first-order chi connectivity index (χ1) is 13.7. The lowest BCUT2D eigenvalue weighted by molar-refractivity contribution is 0.144. The molecule has 0 saturated carbocycles. The molecule has 1 atom stereocenters. The van der Waals surface area contributed by atoms with Gasteiger partial charge in [-0.1, -0.05) is 11.8 Å². The zero-order valence-corrected chi connectivity index (χ0v) is 17.1. The van der Waals surface area contributed by atoms with Gasteiger partial charge in [-0.05, 0) is 30.9 Å². The van der Waals surface area contributed by atoms with E-state index in [1.807, 2.05) is 18.3 Å². The Morgan fingerprint density at radius 1 is 1.21 bits per heavy atom. The van der Waals surface area contributed by atoms with Gasteiger partial charge in [-0.15, -0.1) is 0 Å². The molecule has 0 spiro atoms. The van der Waals surface area contributed by atoms with Crippen LogP contribution < -0.4 is 14.4 Å². The molecule has 0 N–H and O–H groups in total. The topological polar surface area (TPSA) is 48.2 Å². The molecule has 0 aliphatic carbocycles. The first-order valence-corrected chi connectivity index (χ1v) is 9.88. The Bertz CT molecular complexity index is 826. The monoisotopic (exact) mass is 384 g/mol. The minimum atomic E-state index is 0.476. The van der Waals surface area contributed by atoms with Crippen molar-refractivity contribution in [1.29, 1.82) is 0 Å². The quantitative estimate of drug-likeness (QED) is 0.642. The number of hydrogen-bond donors (Lipinski definition) is 0. The Morgan fingerprint density at radius 3 is 2.68 bits per heavy atom. The number of pyridine rings is 1. The number of benzene rings is 1. The smallest absolute Gasteiger partial charge is 0.266 e. The summed E-state index contributed by atoms with van der Waals surface area (Å²) in [6.45, 7) is 11.4. The molecule has 2 aromatic rings. The summed E-state index contributed by atoms with van der Waals surface area (Å²) >= 11 is 0. The second-order valence-electron chi connectivity index (χ2n) is 7.36. The highest BCUT2D eigenvalue weighted by Crippen LogP contribution is 2.37. The Hall–Kier alpha value is -2.52. The van der Waals surface area contributed by atoms with Crippen molar-refractivity contribution in [3.8, 4) is 18.1 Å². The summed E-state index contributed by atoms with van der Waals surface area (Å²) in [5.41, 5.74) is 2.10. The lowest BCUT2D eigenvalue weighted by Gasteiger charge is -2.35. The number of hydrogen-bond acceptors (Lipinski definition) is 5. The van der Waals surface area contributed by atoms with Gasteiger partial charge in [0.2, 0.25) is 0 Å². The third kappa shape index (κ3) is 4.48. The molecule has 1 aromatic heterocycles. The van der Waals surface area contributed by atoms with Crippen LogP contribution in [0.3, 0.4) is 0 Å². The molecule has 1 aliphatic rings. The van der Waals surface area contributed by atoms with E-state index in [9.17, 15) is 0 Å². The Kier molecular flexibility index (Phi) is 6.94. The molecule has 2 heterocycles. The predicted molar refractivity (Wildman–Crippen MR) is 113 cm³/mol. The third-order valence-electron chi connectivity index (χ3n) is 5.63. The van der Waals surface area contributed by atoms with E-state index in [0.717, 1.165) is 49.1 Å². The van der Waals surface area contributed by atoms with Crippen LogP contribution in [-0.4, -0.2) is 52.1 Å². The van der Waals surface area contributed by atoms with Gasteiger partial charge in [-0.25, -0.2) is 0 Å². The molecule has 1 aromatic carbocycles. The number of methoxy groups -OCH3 is 2. The van der Waals surface area contributed by atoms with E-state index in [1.54, 1.807) is 14.2 Å². The largest absolute Gasteiger partial charge is 0.493 e. The standard InChI is InChI=1S/C22H30N3O3/c1-16(15-23-2)17-6-9-25(10-7-17)20-5-8-24-19-14-21(27-4)22(13-18(19)20)28-12-11-26-3/h2,5,8,13-14,16-17H,6-7,9-12,15H2,1,3-4H3/q+1. The number of rotatable bonds is 8. The first-order valence-electron chi connectivity index (χ1n) is 9.88. The van der Waals surface area contributed by atoms with Crippen molar-refractivity contribution in [1.82, 2.24) is 4.98 Å². The highest BCUT2D eigenvalue weighted by molar-refractivity contribution is 5.94. The van der Waals surface area contributed by atoms with Gasteiger partial charge >= 0.3 is 0 Å². The molecule has 1 fully saturated rings. The first kappa shape index (κ1) is 20.2. The summed E-state index contributed by atoms with van der Waals surface area (Å²) in [5, 5.41) is 1.08. The minimum absolute atomic E-state index is 0.476. The van der Waals surface area contributed by atoms with Crippen molar-refractivity contribution in [2.45, 2.75) is 19.8 Å². The zero-order chi connectivity index (χ0) is 19.9. The van der Waals surface area contributed by atoms with E-state index in [2.05, 4.69) is 27.7 Å². The summed E-state index contributed by atoms with van der Waals surface area (Å²) < 4.78 is 16.5. The number of anilines is 1. The SMILES string of the molecule is C#[N+]CC(C)C1CCN(c2ccnc3cc(OC)c(OCCOC)cc23)CC1. The van der Waals surface area contributed by atoms with Gasteiger partial charge in [0.05, 0.1) is 19.2 Å². The number of nitrogens with zero attached hydrogens (tertiary/aromatic N) is 3. The molecule has 3 rings (SSSR count). The van der Waals surface area contributed by atoms with Gasteiger partial charge in [0.15, 0.2) is 11.5 Å². The lowest BCUT2D eigenvalue weighted by atomic mass is 9.85. The fourth-order valence-electron chi connectivity index (χ4n) is 3.95. The molecule has 1 unspecified atom stereocenters. The molecular formula is C22H30N3O3+. The van der Waals surface area contributed by atoms with E-state index in [4.69, 9.17) is 20.8 Å². The van der Waals surface area contributed by atoms with Gasteiger partial charge in [-0.3, -0.25) is 4.98 Å². The number of ether oxygens (including phenoxy) is 3. The number of piperidine rings is 1. The van der Waals surface area contributed by atoms with Crippen LogP contribution in [0.1, 0.15) is 19.8 Å². The van der Waals surface area contributed by atoms with Crippen LogP contribution in [0.5, 0.6) is 11.5 Å². The van der Waals surface area contributed by atoms with Crippen molar-refractivity contribution >= 4 is 16.6 Å². The highest BCUT2D eigenvalue weighted by Gasteiger charge is 2.27. The van der Waals surface area contributed by atoms with Crippen molar-refractivity contribution in [3.05, 3.63) is 29.2 Å². The fraction of sp³-hybridized carbons (Fsp3) is 0.545. The molecule has 150 valence electrons. The Balaban J connectivity index is 1.83. The molecule has 0 bridgehead atoms. The van der Waals surface area contributed by atoms with Crippen LogP contribution in [0.4, 0.5) is 5.69 Å². The average Bonchev–Trinajstić information content (AvgIpc) is 2.73. The third-order valence-corrected chi connectivity index (χ3v) is 5.63. The molecule has 6 heteroatoms. The maximum Gasteiger partial charge on any atom is 0.266 e. The van der Waals surface area contributed by atoms with Crippen LogP contribution >= 0.6 is 0 Å². The molecule has 1 aliphatic heterocycles. The van der Waals surface area contributed by atoms with Crippen molar-refractivity contribution in [2.75, 3.05) is 52.0 Å². The molecule has 1 saturated heterocycles. The van der Waals surface area contributed by atoms with Gasteiger partial charge in [0.25, 0.3) is 13.1 Å². The summed E-state index contributed by atoms with van der Waals surface area (Å²) in [6.07, 6.45) is 4.16. The van der Waals surface area contributed by atoms with Crippen molar-refractivity contribution in [2.24, 2.45) is 11.8 Å². The van der Waals surface area contributed by atoms with E-state index >= 15 is 0 Å². The lowest BCUT2D eigenvalue weighted by Crippen LogP contribution is -2.36. The second-order valence-corrected chi connectivity index (χ2v) is 7.36. The van der Waals surface area contributed by atoms with Crippen LogP contribution in [0.25, 0.3) is 15.7 Å². The minimum Gasteiger partial charge on any atom is -0.493 e. The average molecular weight is 385 g/mol. The normalized spacial score (nSPS) is 16.0. The van der Waals surface area contributed by atoms with Crippen molar-refractivity contribution < 1.29 is 14.2 Å². The molecular weight excluding hydrogens is 354 g/mol. The van der Waals surface area contributed by atoms with E-state index in [1.165, 1.54) is 5.69 Å². The number of fused-ring (bicyclic) bond motifs is 1. The molecule has 6 nitrogen and oxygen atoms in total. The van der Waals surface area contributed by atoms with Crippen LogP contribution in [-0.2, 0) is 4.74 Å². The van der Waals surface area contributed by atoms with E-state index < -0.39 is 0 Å². The zero-order valence-electron chi connectivity index (χ0n) is 17.1.